The van der Waals surface area contributed by atoms with E-state index in [-0.39, 0.29) is 11.9 Å². The topological polar surface area (TPSA) is 24.5 Å². The molecule has 1 unspecified atom stereocenters. The molecule has 0 saturated carbocycles. The lowest BCUT2D eigenvalue weighted by Crippen LogP contribution is -2.33. The lowest BCUT2D eigenvalue weighted by atomic mass is 10.0. The first-order valence-corrected chi connectivity index (χ1v) is 8.04. The van der Waals surface area contributed by atoms with Crippen molar-refractivity contribution >= 4 is 0 Å². The number of nitrogens with one attached hydrogen (secondary N) is 1. The SMILES string of the molecule is CCNC(CCN1CCCCC1)c1c(F)cccc1OC. The lowest BCUT2D eigenvalue weighted by Gasteiger charge is -2.29. The van der Waals surface area contributed by atoms with Crippen LogP contribution in [0.4, 0.5) is 4.39 Å². The summed E-state index contributed by atoms with van der Waals surface area (Å²) in [4.78, 5) is 2.49. The summed E-state index contributed by atoms with van der Waals surface area (Å²) in [6, 6.07) is 5.06. The summed E-state index contributed by atoms with van der Waals surface area (Å²) in [5, 5.41) is 3.41. The molecule has 1 heterocycles. The highest BCUT2D eigenvalue weighted by atomic mass is 19.1. The monoisotopic (exact) mass is 294 g/mol. The Morgan fingerprint density at radius 3 is 2.71 bits per heavy atom. The van der Waals surface area contributed by atoms with E-state index in [1.165, 1.54) is 38.4 Å². The lowest BCUT2D eigenvalue weighted by molar-refractivity contribution is 0.216. The first-order valence-electron chi connectivity index (χ1n) is 8.04. The third-order valence-corrected chi connectivity index (χ3v) is 4.21. The summed E-state index contributed by atoms with van der Waals surface area (Å²) < 4.78 is 19.6. The second kappa shape index (κ2) is 8.35. The Labute approximate surface area is 127 Å². The van der Waals surface area contributed by atoms with Gasteiger partial charge in [-0.15, -0.1) is 0 Å². The normalized spacial score (nSPS) is 17.7. The maximum Gasteiger partial charge on any atom is 0.131 e. The molecule has 118 valence electrons. The third-order valence-electron chi connectivity index (χ3n) is 4.21. The summed E-state index contributed by atoms with van der Waals surface area (Å²) in [6.07, 6.45) is 4.82. The van der Waals surface area contributed by atoms with Gasteiger partial charge in [0.15, 0.2) is 0 Å². The van der Waals surface area contributed by atoms with Crippen molar-refractivity contribution in [3.8, 4) is 5.75 Å². The zero-order chi connectivity index (χ0) is 15.1. The standard InChI is InChI=1S/C17H27FN2O/c1-3-19-15(10-13-20-11-5-4-6-12-20)17-14(18)8-7-9-16(17)21-2/h7-9,15,19H,3-6,10-13H2,1-2H3. The molecule has 1 fully saturated rings. The van der Waals surface area contributed by atoms with E-state index in [4.69, 9.17) is 4.74 Å². The summed E-state index contributed by atoms with van der Waals surface area (Å²) in [6.45, 7) is 6.24. The van der Waals surface area contributed by atoms with Crippen molar-refractivity contribution in [2.24, 2.45) is 0 Å². The summed E-state index contributed by atoms with van der Waals surface area (Å²) in [5.74, 6) is 0.457. The predicted molar refractivity (Wildman–Crippen MR) is 84.3 cm³/mol. The molecule has 1 aliphatic rings. The van der Waals surface area contributed by atoms with Crippen LogP contribution in [0.5, 0.6) is 5.75 Å². The molecule has 1 aromatic carbocycles. The summed E-state index contributed by atoms with van der Waals surface area (Å²) in [7, 11) is 1.60. The van der Waals surface area contributed by atoms with Gasteiger partial charge >= 0.3 is 0 Å². The van der Waals surface area contributed by atoms with Crippen molar-refractivity contribution in [1.82, 2.24) is 10.2 Å². The first-order chi connectivity index (χ1) is 10.3. The first kappa shape index (κ1) is 16.2. The number of methoxy groups -OCH3 is 1. The number of hydrogen-bond donors (Lipinski definition) is 1. The molecule has 1 saturated heterocycles. The van der Waals surface area contributed by atoms with Gasteiger partial charge < -0.3 is 15.0 Å². The zero-order valence-corrected chi connectivity index (χ0v) is 13.2. The summed E-state index contributed by atoms with van der Waals surface area (Å²) >= 11 is 0. The second-order valence-corrected chi connectivity index (χ2v) is 5.66. The fourth-order valence-corrected chi connectivity index (χ4v) is 3.12. The number of halogens is 1. The Hall–Kier alpha value is -1.13. The van der Waals surface area contributed by atoms with Crippen molar-refractivity contribution < 1.29 is 9.13 Å². The predicted octanol–water partition coefficient (Wildman–Crippen LogP) is 3.36. The van der Waals surface area contributed by atoms with Gasteiger partial charge in [-0.2, -0.15) is 0 Å². The molecule has 1 N–H and O–H groups in total. The number of nitrogens with zero attached hydrogens (tertiary/aromatic N) is 1. The van der Waals surface area contributed by atoms with Crippen molar-refractivity contribution in [1.29, 1.82) is 0 Å². The fraction of sp³-hybridized carbons (Fsp3) is 0.647. The van der Waals surface area contributed by atoms with Crippen molar-refractivity contribution in [2.45, 2.75) is 38.6 Å². The van der Waals surface area contributed by atoms with E-state index < -0.39 is 0 Å². The van der Waals surface area contributed by atoms with E-state index in [9.17, 15) is 4.39 Å². The Balaban J connectivity index is 2.07. The van der Waals surface area contributed by atoms with Crippen LogP contribution in [0.1, 0.15) is 44.2 Å². The van der Waals surface area contributed by atoms with Crippen LogP contribution in [0.15, 0.2) is 18.2 Å². The Morgan fingerprint density at radius 1 is 1.29 bits per heavy atom. The number of ether oxygens (including phenoxy) is 1. The molecule has 4 heteroatoms. The highest BCUT2D eigenvalue weighted by Gasteiger charge is 2.21. The Kier molecular flexibility index (Phi) is 6.46. The average Bonchev–Trinajstić information content (AvgIpc) is 2.52. The van der Waals surface area contributed by atoms with E-state index in [1.54, 1.807) is 13.2 Å². The molecule has 0 amide bonds. The van der Waals surface area contributed by atoms with Crippen LogP contribution in [0.2, 0.25) is 0 Å². The molecule has 0 bridgehead atoms. The molecule has 21 heavy (non-hydrogen) atoms. The van der Waals surface area contributed by atoms with Crippen molar-refractivity contribution in [3.05, 3.63) is 29.6 Å². The molecule has 2 rings (SSSR count). The van der Waals surface area contributed by atoms with E-state index in [2.05, 4.69) is 17.1 Å². The van der Waals surface area contributed by atoms with Crippen LogP contribution < -0.4 is 10.1 Å². The molecule has 0 spiro atoms. The minimum absolute atomic E-state index is 0.00748. The molecular weight excluding hydrogens is 267 g/mol. The van der Waals surface area contributed by atoms with Crippen LogP contribution >= 0.6 is 0 Å². The van der Waals surface area contributed by atoms with Gasteiger partial charge in [0.25, 0.3) is 0 Å². The van der Waals surface area contributed by atoms with E-state index in [0.717, 1.165) is 19.5 Å². The quantitative estimate of drug-likeness (QED) is 0.834. The summed E-state index contributed by atoms with van der Waals surface area (Å²) in [5.41, 5.74) is 0.666. The van der Waals surface area contributed by atoms with Crippen LogP contribution in [0.3, 0.4) is 0 Å². The maximum atomic E-state index is 14.2. The molecule has 1 atom stereocenters. The zero-order valence-electron chi connectivity index (χ0n) is 13.2. The molecule has 0 aliphatic carbocycles. The average molecular weight is 294 g/mol. The molecule has 0 radical (unpaired) electrons. The van der Waals surface area contributed by atoms with Gasteiger partial charge in [-0.1, -0.05) is 19.4 Å². The minimum Gasteiger partial charge on any atom is -0.496 e. The van der Waals surface area contributed by atoms with Crippen molar-refractivity contribution in [2.75, 3.05) is 33.3 Å². The molecule has 3 nitrogen and oxygen atoms in total. The number of benzene rings is 1. The van der Waals surface area contributed by atoms with E-state index in [0.29, 0.717) is 11.3 Å². The third kappa shape index (κ3) is 4.42. The fourth-order valence-electron chi connectivity index (χ4n) is 3.12. The van der Waals surface area contributed by atoms with Gasteiger partial charge in [0.2, 0.25) is 0 Å². The maximum absolute atomic E-state index is 14.2. The van der Waals surface area contributed by atoms with E-state index in [1.807, 2.05) is 6.07 Å². The molecule has 1 aromatic rings. The van der Waals surface area contributed by atoms with Gasteiger partial charge in [0.1, 0.15) is 11.6 Å². The number of piperidine rings is 1. The smallest absolute Gasteiger partial charge is 0.131 e. The van der Waals surface area contributed by atoms with E-state index >= 15 is 0 Å². The van der Waals surface area contributed by atoms with Gasteiger partial charge in [-0.25, -0.2) is 4.39 Å². The Bertz CT molecular complexity index is 433. The molecular formula is C17H27FN2O. The van der Waals surface area contributed by atoms with Gasteiger partial charge in [-0.3, -0.25) is 0 Å². The Morgan fingerprint density at radius 2 is 2.05 bits per heavy atom. The van der Waals surface area contributed by atoms with Crippen LogP contribution in [-0.4, -0.2) is 38.2 Å². The molecule has 0 aromatic heterocycles. The van der Waals surface area contributed by atoms with Crippen LogP contribution in [-0.2, 0) is 0 Å². The van der Waals surface area contributed by atoms with Gasteiger partial charge in [0, 0.05) is 11.6 Å². The van der Waals surface area contributed by atoms with Crippen molar-refractivity contribution in [3.63, 3.8) is 0 Å². The van der Waals surface area contributed by atoms with Crippen LogP contribution in [0, 0.1) is 5.82 Å². The number of rotatable bonds is 7. The number of likely N-dealkylation sites (tertiary alicyclic amines) is 1. The minimum atomic E-state index is -0.182. The second-order valence-electron chi connectivity index (χ2n) is 5.66. The van der Waals surface area contributed by atoms with Gasteiger partial charge in [0.05, 0.1) is 7.11 Å². The number of hydrogen-bond acceptors (Lipinski definition) is 3. The largest absolute Gasteiger partial charge is 0.496 e. The van der Waals surface area contributed by atoms with Crippen LogP contribution in [0.25, 0.3) is 0 Å². The highest BCUT2D eigenvalue weighted by Crippen LogP contribution is 2.30. The van der Waals surface area contributed by atoms with Gasteiger partial charge in [-0.05, 0) is 57.6 Å². The molecule has 1 aliphatic heterocycles. The highest BCUT2D eigenvalue weighted by molar-refractivity contribution is 5.37.